The molecule has 0 bridgehead atoms. The molecule has 1 fully saturated rings. The van der Waals surface area contributed by atoms with Gasteiger partial charge < -0.3 is 4.90 Å². The van der Waals surface area contributed by atoms with Crippen LogP contribution in [0.4, 0.5) is 5.69 Å². The van der Waals surface area contributed by atoms with Crippen molar-refractivity contribution in [2.45, 2.75) is 45.6 Å². The first-order valence-corrected chi connectivity index (χ1v) is 9.55. The molecule has 1 aliphatic carbocycles. The van der Waals surface area contributed by atoms with E-state index >= 15 is 0 Å². The average molecular weight is 386 g/mol. The molecule has 126 valence electrons. The van der Waals surface area contributed by atoms with Crippen LogP contribution in [0.15, 0.2) is 53.0 Å². The molecule has 0 spiro atoms. The fourth-order valence-electron chi connectivity index (χ4n) is 3.43. The Morgan fingerprint density at radius 3 is 2.46 bits per heavy atom. The van der Waals surface area contributed by atoms with Crippen LogP contribution in [0, 0.1) is 12.8 Å². The number of anilines is 1. The van der Waals surface area contributed by atoms with Crippen LogP contribution in [-0.4, -0.2) is 5.91 Å². The Balaban J connectivity index is 1.87. The van der Waals surface area contributed by atoms with Gasteiger partial charge in [-0.3, -0.25) is 4.79 Å². The highest BCUT2D eigenvalue weighted by Gasteiger charge is 2.27. The molecule has 1 saturated carbocycles. The van der Waals surface area contributed by atoms with Gasteiger partial charge in [-0.05, 0) is 55.2 Å². The van der Waals surface area contributed by atoms with Crippen LogP contribution in [0.3, 0.4) is 0 Å². The number of halogens is 1. The third-order valence-electron chi connectivity index (χ3n) is 4.79. The first-order chi connectivity index (χ1) is 11.6. The Hall–Kier alpha value is -1.61. The second-order valence-electron chi connectivity index (χ2n) is 6.72. The number of hydrogen-bond donors (Lipinski definition) is 0. The zero-order valence-corrected chi connectivity index (χ0v) is 15.8. The Bertz CT molecular complexity index is 689. The normalized spacial score (nSPS) is 15.2. The molecule has 0 radical (unpaired) electrons. The van der Waals surface area contributed by atoms with Crippen LogP contribution in [-0.2, 0) is 11.3 Å². The van der Waals surface area contributed by atoms with Gasteiger partial charge in [-0.25, -0.2) is 0 Å². The van der Waals surface area contributed by atoms with Crippen molar-refractivity contribution in [1.82, 2.24) is 0 Å². The van der Waals surface area contributed by atoms with Gasteiger partial charge in [0.25, 0.3) is 0 Å². The predicted octanol–water partition coefficient (Wildman–Crippen LogP) is 5.87. The maximum atomic E-state index is 13.2. The van der Waals surface area contributed by atoms with Crippen molar-refractivity contribution < 1.29 is 4.79 Å². The average Bonchev–Trinajstić information content (AvgIpc) is 2.61. The molecule has 24 heavy (non-hydrogen) atoms. The number of benzene rings is 2. The highest BCUT2D eigenvalue weighted by Crippen LogP contribution is 2.29. The maximum Gasteiger partial charge on any atom is 0.230 e. The molecule has 0 atom stereocenters. The molecule has 1 amide bonds. The Kier molecular flexibility index (Phi) is 5.72. The fraction of sp³-hybridized carbons (Fsp3) is 0.381. The van der Waals surface area contributed by atoms with Crippen LogP contribution in [0.1, 0.15) is 43.2 Å². The first kappa shape index (κ1) is 17.2. The largest absolute Gasteiger partial charge is 0.308 e. The van der Waals surface area contributed by atoms with E-state index in [1.54, 1.807) is 0 Å². The molecule has 0 aromatic heterocycles. The van der Waals surface area contributed by atoms with Crippen molar-refractivity contribution in [3.8, 4) is 0 Å². The number of carbonyl (C=O) groups excluding carboxylic acids is 1. The van der Waals surface area contributed by atoms with Crippen LogP contribution >= 0.6 is 15.9 Å². The quantitative estimate of drug-likeness (QED) is 0.643. The molecule has 0 N–H and O–H groups in total. The minimum atomic E-state index is 0.176. The van der Waals surface area contributed by atoms with Crippen LogP contribution in [0.2, 0.25) is 0 Å². The van der Waals surface area contributed by atoms with Crippen molar-refractivity contribution >= 4 is 27.5 Å². The lowest BCUT2D eigenvalue weighted by Crippen LogP contribution is -2.36. The minimum absolute atomic E-state index is 0.176. The number of amides is 1. The zero-order chi connectivity index (χ0) is 16.9. The van der Waals surface area contributed by atoms with Gasteiger partial charge in [0.2, 0.25) is 5.91 Å². The second-order valence-corrected chi connectivity index (χ2v) is 7.64. The van der Waals surface area contributed by atoms with E-state index in [1.807, 2.05) is 29.2 Å². The third-order valence-corrected chi connectivity index (χ3v) is 5.32. The summed E-state index contributed by atoms with van der Waals surface area (Å²) in [5.41, 5.74) is 3.35. The smallest absolute Gasteiger partial charge is 0.230 e. The highest BCUT2D eigenvalue weighted by molar-refractivity contribution is 9.10. The highest BCUT2D eigenvalue weighted by atomic mass is 79.9. The summed E-state index contributed by atoms with van der Waals surface area (Å²) in [5.74, 6) is 0.456. The topological polar surface area (TPSA) is 20.3 Å². The van der Waals surface area contributed by atoms with E-state index in [1.165, 1.54) is 24.8 Å². The Labute approximate surface area is 153 Å². The number of aryl methyl sites for hydroxylation is 1. The zero-order valence-electron chi connectivity index (χ0n) is 14.2. The van der Waals surface area contributed by atoms with Crippen molar-refractivity contribution in [1.29, 1.82) is 0 Å². The molecule has 0 saturated heterocycles. The summed E-state index contributed by atoms with van der Waals surface area (Å²) in [6.45, 7) is 2.71. The van der Waals surface area contributed by atoms with Gasteiger partial charge in [0.15, 0.2) is 0 Å². The van der Waals surface area contributed by atoms with Crippen LogP contribution < -0.4 is 4.90 Å². The van der Waals surface area contributed by atoms with Gasteiger partial charge in [-0.15, -0.1) is 0 Å². The number of carbonyl (C=O) groups is 1. The summed E-state index contributed by atoms with van der Waals surface area (Å²) in [6, 6.07) is 16.5. The Morgan fingerprint density at radius 1 is 1.08 bits per heavy atom. The van der Waals surface area contributed by atoms with Crippen molar-refractivity contribution in [3.63, 3.8) is 0 Å². The molecular weight excluding hydrogens is 362 g/mol. The summed E-state index contributed by atoms with van der Waals surface area (Å²) in [6.07, 6.45) is 5.68. The number of nitrogens with zero attached hydrogens (tertiary/aromatic N) is 1. The van der Waals surface area contributed by atoms with Crippen LogP contribution in [0.5, 0.6) is 0 Å². The third kappa shape index (κ3) is 4.27. The summed E-state index contributed by atoms with van der Waals surface area (Å²) >= 11 is 3.48. The molecule has 2 aromatic carbocycles. The lowest BCUT2D eigenvalue weighted by atomic mass is 9.88. The van der Waals surface area contributed by atoms with Gasteiger partial charge in [0.05, 0.1) is 6.54 Å². The SMILES string of the molecule is Cc1cccc(N(Cc2ccc(Br)cc2)C(=O)C2CCCCC2)c1. The van der Waals surface area contributed by atoms with Gasteiger partial charge >= 0.3 is 0 Å². The summed E-state index contributed by atoms with van der Waals surface area (Å²) in [7, 11) is 0. The monoisotopic (exact) mass is 385 g/mol. The van der Waals surface area contributed by atoms with E-state index in [0.717, 1.165) is 28.6 Å². The van der Waals surface area contributed by atoms with Crippen molar-refractivity contribution in [2.75, 3.05) is 4.90 Å². The van der Waals surface area contributed by atoms with Crippen LogP contribution in [0.25, 0.3) is 0 Å². The van der Waals surface area contributed by atoms with Crippen molar-refractivity contribution in [2.24, 2.45) is 5.92 Å². The summed E-state index contributed by atoms with van der Waals surface area (Å²) < 4.78 is 1.06. The molecule has 1 aliphatic rings. The minimum Gasteiger partial charge on any atom is -0.308 e. The maximum absolute atomic E-state index is 13.2. The molecule has 3 rings (SSSR count). The predicted molar refractivity (Wildman–Crippen MR) is 103 cm³/mol. The van der Waals surface area contributed by atoms with E-state index in [9.17, 15) is 4.79 Å². The summed E-state index contributed by atoms with van der Waals surface area (Å²) in [4.78, 5) is 15.2. The van der Waals surface area contributed by atoms with Gasteiger partial charge in [0.1, 0.15) is 0 Å². The molecule has 2 nitrogen and oxygen atoms in total. The standard InChI is InChI=1S/C21H24BrNO/c1-16-6-5-9-20(14-16)23(15-17-10-12-19(22)13-11-17)21(24)18-7-3-2-4-8-18/h5-6,9-14,18H,2-4,7-8,15H2,1H3. The van der Waals surface area contributed by atoms with E-state index in [2.05, 4.69) is 47.1 Å². The molecular formula is C21H24BrNO. The van der Waals surface area contributed by atoms with Gasteiger partial charge in [-0.1, -0.05) is 59.5 Å². The molecule has 2 aromatic rings. The number of hydrogen-bond acceptors (Lipinski definition) is 1. The number of rotatable bonds is 4. The lowest BCUT2D eigenvalue weighted by molar-refractivity contribution is -0.123. The molecule has 0 heterocycles. The van der Waals surface area contributed by atoms with E-state index in [0.29, 0.717) is 6.54 Å². The molecule has 0 unspecified atom stereocenters. The van der Waals surface area contributed by atoms with E-state index in [-0.39, 0.29) is 11.8 Å². The lowest BCUT2D eigenvalue weighted by Gasteiger charge is -2.30. The molecule has 3 heteroatoms. The Morgan fingerprint density at radius 2 is 1.79 bits per heavy atom. The van der Waals surface area contributed by atoms with E-state index < -0.39 is 0 Å². The van der Waals surface area contributed by atoms with Gasteiger partial charge in [0, 0.05) is 16.1 Å². The van der Waals surface area contributed by atoms with E-state index in [4.69, 9.17) is 0 Å². The molecule has 0 aliphatic heterocycles. The first-order valence-electron chi connectivity index (χ1n) is 8.76. The fourth-order valence-corrected chi connectivity index (χ4v) is 3.70. The summed E-state index contributed by atoms with van der Waals surface area (Å²) in [5, 5.41) is 0. The second kappa shape index (κ2) is 7.98. The van der Waals surface area contributed by atoms with Crippen molar-refractivity contribution in [3.05, 3.63) is 64.1 Å². The van der Waals surface area contributed by atoms with Gasteiger partial charge in [-0.2, -0.15) is 0 Å².